The molecule has 1 fully saturated rings. The van der Waals surface area contributed by atoms with Crippen LogP contribution in [0.3, 0.4) is 0 Å². The summed E-state index contributed by atoms with van der Waals surface area (Å²) in [6.45, 7) is 0.981. The molecule has 0 aliphatic heterocycles. The predicted molar refractivity (Wildman–Crippen MR) is 129 cm³/mol. The van der Waals surface area contributed by atoms with Gasteiger partial charge in [0, 0.05) is 36.2 Å². The van der Waals surface area contributed by atoms with E-state index in [1.54, 1.807) is 7.11 Å². The van der Waals surface area contributed by atoms with Gasteiger partial charge in [-0.25, -0.2) is 0 Å². The first-order valence-electron chi connectivity index (χ1n) is 10.9. The van der Waals surface area contributed by atoms with Crippen LogP contribution >= 0.6 is 7.29 Å². The first-order valence-corrected chi connectivity index (χ1v) is 12.6. The molecular formula is C26H29N2O3P. The van der Waals surface area contributed by atoms with Crippen molar-refractivity contribution >= 4 is 23.8 Å². The minimum absolute atomic E-state index is 0.0315. The van der Waals surface area contributed by atoms with Crippen molar-refractivity contribution in [3.05, 3.63) is 96.6 Å². The van der Waals surface area contributed by atoms with E-state index >= 15 is 0 Å². The maximum atomic E-state index is 14.6. The molecule has 1 saturated carbocycles. The molecule has 6 heteroatoms. The van der Waals surface area contributed by atoms with Gasteiger partial charge in [0.15, 0.2) is 0 Å². The van der Waals surface area contributed by atoms with Crippen LogP contribution in [0.15, 0.2) is 91.0 Å². The molecule has 0 heterocycles. The van der Waals surface area contributed by atoms with Crippen molar-refractivity contribution in [2.24, 2.45) is 11.8 Å². The number of hydrogen-bond acceptors (Lipinski definition) is 3. The monoisotopic (exact) mass is 448 g/mol. The smallest absolute Gasteiger partial charge is 0.223 e. The maximum absolute atomic E-state index is 14.6. The highest BCUT2D eigenvalue weighted by atomic mass is 31.2. The summed E-state index contributed by atoms with van der Waals surface area (Å²) in [6, 6.07) is 28.9. The van der Waals surface area contributed by atoms with Gasteiger partial charge in [-0.3, -0.25) is 14.4 Å². The standard InChI is InChI=1S/C26H29N2O3P/c1-31-18-17-27-26(29)24-19-23(24)25(20-11-5-2-6-12-20)28-32(30,21-13-7-3-8-14-21)22-15-9-4-10-16-22/h2-16,23-25H,17-19H2,1H3,(H,27,29)(H,28,30)/t23-,24+,25-/m1/s1. The zero-order chi connectivity index (χ0) is 22.4. The number of rotatable bonds is 10. The Labute approximate surface area is 189 Å². The van der Waals surface area contributed by atoms with Crippen molar-refractivity contribution in [3.8, 4) is 0 Å². The largest absolute Gasteiger partial charge is 0.383 e. The molecule has 32 heavy (non-hydrogen) atoms. The molecule has 3 aromatic rings. The fraction of sp³-hybridized carbons (Fsp3) is 0.269. The lowest BCUT2D eigenvalue weighted by atomic mass is 10.0. The van der Waals surface area contributed by atoms with Gasteiger partial charge in [-0.05, 0) is 42.2 Å². The van der Waals surface area contributed by atoms with Gasteiger partial charge >= 0.3 is 0 Å². The molecule has 3 atom stereocenters. The van der Waals surface area contributed by atoms with E-state index in [2.05, 4.69) is 10.4 Å². The van der Waals surface area contributed by atoms with Gasteiger partial charge < -0.3 is 10.1 Å². The molecule has 0 aromatic heterocycles. The molecule has 4 rings (SSSR count). The lowest BCUT2D eigenvalue weighted by Crippen LogP contribution is -2.33. The number of carbonyl (C=O) groups is 1. The number of nitrogens with one attached hydrogen (secondary N) is 2. The molecule has 2 N–H and O–H groups in total. The Morgan fingerprint density at radius 1 is 0.938 bits per heavy atom. The molecule has 1 amide bonds. The molecule has 0 bridgehead atoms. The van der Waals surface area contributed by atoms with Crippen molar-refractivity contribution in [2.45, 2.75) is 12.5 Å². The second-order valence-electron chi connectivity index (χ2n) is 8.09. The van der Waals surface area contributed by atoms with Gasteiger partial charge in [-0.1, -0.05) is 66.7 Å². The second kappa shape index (κ2) is 10.3. The lowest BCUT2D eigenvalue weighted by Gasteiger charge is -2.28. The van der Waals surface area contributed by atoms with Crippen molar-refractivity contribution in [1.29, 1.82) is 0 Å². The fourth-order valence-corrected chi connectivity index (χ4v) is 6.65. The molecule has 1 aliphatic carbocycles. The minimum atomic E-state index is -3.14. The van der Waals surface area contributed by atoms with Gasteiger partial charge in [0.25, 0.3) is 0 Å². The van der Waals surface area contributed by atoms with Gasteiger partial charge in [0.1, 0.15) is 0 Å². The molecule has 3 aromatic carbocycles. The molecule has 5 nitrogen and oxygen atoms in total. The highest BCUT2D eigenvalue weighted by Gasteiger charge is 2.49. The van der Waals surface area contributed by atoms with Crippen molar-refractivity contribution < 1.29 is 14.1 Å². The van der Waals surface area contributed by atoms with E-state index in [-0.39, 0.29) is 23.8 Å². The summed E-state index contributed by atoms with van der Waals surface area (Å²) in [4.78, 5) is 12.7. The number of hydrogen-bond donors (Lipinski definition) is 2. The number of amides is 1. The topological polar surface area (TPSA) is 67.4 Å². The van der Waals surface area contributed by atoms with Crippen LogP contribution in [0.5, 0.6) is 0 Å². The normalized spacial score (nSPS) is 18.7. The third kappa shape index (κ3) is 5.02. The van der Waals surface area contributed by atoms with Crippen LogP contribution in [0.4, 0.5) is 0 Å². The quantitative estimate of drug-likeness (QED) is 0.367. The van der Waals surface area contributed by atoms with Crippen LogP contribution in [0.1, 0.15) is 18.0 Å². The minimum Gasteiger partial charge on any atom is -0.383 e. The SMILES string of the molecule is COCCNC(=O)[C@H]1C[C@H]1[C@H](NP(=O)(c1ccccc1)c1ccccc1)c1ccccc1. The number of methoxy groups -OCH3 is 1. The third-order valence-electron chi connectivity index (χ3n) is 5.93. The van der Waals surface area contributed by atoms with Gasteiger partial charge in [-0.15, -0.1) is 0 Å². The Balaban J connectivity index is 1.66. The lowest BCUT2D eigenvalue weighted by molar-refractivity contribution is -0.122. The molecule has 0 spiro atoms. The van der Waals surface area contributed by atoms with Gasteiger partial charge in [0.05, 0.1) is 6.61 Å². The number of benzene rings is 3. The van der Waals surface area contributed by atoms with Gasteiger partial charge in [-0.2, -0.15) is 0 Å². The zero-order valence-electron chi connectivity index (χ0n) is 18.2. The first kappa shape index (κ1) is 22.5. The molecule has 0 unspecified atom stereocenters. The summed E-state index contributed by atoms with van der Waals surface area (Å²) in [6.07, 6.45) is 0.759. The van der Waals surface area contributed by atoms with E-state index in [0.29, 0.717) is 13.2 Å². The van der Waals surface area contributed by atoms with Crippen LogP contribution in [0.25, 0.3) is 0 Å². The molecule has 1 aliphatic rings. The Kier molecular flexibility index (Phi) is 7.21. The maximum Gasteiger partial charge on any atom is 0.223 e. The van der Waals surface area contributed by atoms with Crippen LogP contribution < -0.4 is 21.0 Å². The van der Waals surface area contributed by atoms with Crippen LogP contribution in [-0.2, 0) is 14.1 Å². The second-order valence-corrected chi connectivity index (χ2v) is 10.6. The fourth-order valence-electron chi connectivity index (χ4n) is 4.14. The Bertz CT molecular complexity index is 1020. The summed E-state index contributed by atoms with van der Waals surface area (Å²) in [7, 11) is -1.53. The van der Waals surface area contributed by atoms with E-state index in [9.17, 15) is 9.36 Å². The van der Waals surface area contributed by atoms with Crippen molar-refractivity contribution in [2.75, 3.05) is 20.3 Å². The van der Waals surface area contributed by atoms with Crippen LogP contribution in [0.2, 0.25) is 0 Å². The van der Waals surface area contributed by atoms with E-state index in [0.717, 1.165) is 22.6 Å². The van der Waals surface area contributed by atoms with E-state index < -0.39 is 7.29 Å². The van der Waals surface area contributed by atoms with E-state index in [4.69, 9.17) is 4.74 Å². The highest BCUT2D eigenvalue weighted by Crippen LogP contribution is 2.52. The Morgan fingerprint density at radius 3 is 2.00 bits per heavy atom. The third-order valence-corrected chi connectivity index (χ3v) is 8.62. The first-order chi connectivity index (χ1) is 15.6. The summed E-state index contributed by atoms with van der Waals surface area (Å²) in [5.41, 5.74) is 1.04. The molecule has 166 valence electrons. The van der Waals surface area contributed by atoms with E-state index in [1.807, 2.05) is 91.0 Å². The van der Waals surface area contributed by atoms with Crippen LogP contribution in [-0.4, -0.2) is 26.2 Å². The highest BCUT2D eigenvalue weighted by molar-refractivity contribution is 7.76. The average molecular weight is 449 g/mol. The summed E-state index contributed by atoms with van der Waals surface area (Å²) in [5, 5.41) is 8.01. The predicted octanol–water partition coefficient (Wildman–Crippen LogP) is 3.65. The number of ether oxygens (including phenoxy) is 1. The van der Waals surface area contributed by atoms with Crippen molar-refractivity contribution in [1.82, 2.24) is 10.4 Å². The summed E-state index contributed by atoms with van der Waals surface area (Å²) >= 11 is 0. The number of carbonyl (C=O) groups excluding carboxylic acids is 1. The summed E-state index contributed by atoms with van der Waals surface area (Å²) in [5.74, 6) is -0.00529. The van der Waals surface area contributed by atoms with Gasteiger partial charge in [0.2, 0.25) is 13.2 Å². The molecule has 0 radical (unpaired) electrons. The average Bonchev–Trinajstić information content (AvgIpc) is 3.65. The van der Waals surface area contributed by atoms with Crippen LogP contribution in [0, 0.1) is 11.8 Å². The molecule has 0 saturated heterocycles. The Morgan fingerprint density at radius 2 is 1.47 bits per heavy atom. The van der Waals surface area contributed by atoms with E-state index in [1.165, 1.54) is 0 Å². The summed E-state index contributed by atoms with van der Waals surface area (Å²) < 4.78 is 19.6. The zero-order valence-corrected chi connectivity index (χ0v) is 19.1. The Hall–Kier alpha value is -2.72. The van der Waals surface area contributed by atoms with Crippen molar-refractivity contribution in [3.63, 3.8) is 0 Å². The molecular weight excluding hydrogens is 419 g/mol.